The molecule has 0 radical (unpaired) electrons. The van der Waals surface area contributed by atoms with Gasteiger partial charge in [-0.25, -0.2) is 0 Å². The minimum Gasteiger partial charge on any atom is -0.462 e. The molecule has 0 aromatic rings. The van der Waals surface area contributed by atoms with Crippen molar-refractivity contribution >= 4 is 18.0 Å². The van der Waals surface area contributed by atoms with Crippen molar-refractivity contribution < 1.29 is 63.6 Å². The molecule has 6 unspecified atom stereocenters. The Morgan fingerprint density at radius 1 is 1.02 bits per heavy atom. The first-order chi connectivity index (χ1) is 24.3. The van der Waals surface area contributed by atoms with Crippen molar-refractivity contribution in [2.45, 2.75) is 154 Å². The molecule has 0 aliphatic carbocycles. The molecule has 0 bridgehead atoms. The zero-order chi connectivity index (χ0) is 39.1. The van der Waals surface area contributed by atoms with Crippen molar-refractivity contribution in [2.24, 2.45) is 23.7 Å². The van der Waals surface area contributed by atoms with Gasteiger partial charge in [0.15, 0.2) is 18.4 Å². The lowest BCUT2D eigenvalue weighted by molar-refractivity contribution is -0.341. The van der Waals surface area contributed by atoms with E-state index in [1.807, 2.05) is 6.92 Å². The van der Waals surface area contributed by atoms with Gasteiger partial charge in [0.2, 0.25) is 0 Å². The Kier molecular flexibility index (Phi) is 16.6. The smallest absolute Gasteiger partial charge is 0.308 e. The number of allylic oxidation sites excluding steroid dienone is 3. The quantitative estimate of drug-likeness (QED) is 0.169. The second-order valence-electron chi connectivity index (χ2n) is 15.5. The van der Waals surface area contributed by atoms with Crippen molar-refractivity contribution in [3.8, 4) is 0 Å². The van der Waals surface area contributed by atoms with Crippen LogP contribution in [0, 0.1) is 23.7 Å². The summed E-state index contributed by atoms with van der Waals surface area (Å²) in [6.07, 6.45) is -4.08. The van der Waals surface area contributed by atoms with Crippen LogP contribution in [-0.4, -0.2) is 142 Å². The van der Waals surface area contributed by atoms with Gasteiger partial charge in [0.1, 0.15) is 30.7 Å². The Hall–Kier alpha value is -2.11. The molecule has 3 aliphatic rings. The Morgan fingerprint density at radius 3 is 2.27 bits per heavy atom. The number of cyclic esters (lactones) is 1. The number of aldehydes is 1. The summed E-state index contributed by atoms with van der Waals surface area (Å²) in [5, 5.41) is 54.5. The van der Waals surface area contributed by atoms with Crippen molar-refractivity contribution in [3.63, 3.8) is 0 Å². The molecule has 16 atom stereocenters. The van der Waals surface area contributed by atoms with Crippen molar-refractivity contribution in [3.05, 3.63) is 23.8 Å². The van der Waals surface area contributed by atoms with Gasteiger partial charge in [-0.1, -0.05) is 38.5 Å². The predicted octanol–water partition coefficient (Wildman–Crippen LogP) is 1.67. The zero-order valence-electron chi connectivity index (χ0n) is 32.2. The summed E-state index contributed by atoms with van der Waals surface area (Å²) in [4.78, 5) is 40.3. The highest BCUT2D eigenvalue weighted by Crippen LogP contribution is 2.37. The molecular weight excluding hydrogens is 678 g/mol. The highest BCUT2D eigenvalue weighted by atomic mass is 16.7. The van der Waals surface area contributed by atoms with Crippen LogP contribution < -0.4 is 0 Å². The maximum absolute atomic E-state index is 13.3. The molecule has 14 nitrogen and oxygen atoms in total. The third-order valence-electron chi connectivity index (χ3n) is 10.9. The number of hydrogen-bond donors (Lipinski definition) is 5. The summed E-state index contributed by atoms with van der Waals surface area (Å²) < 4.78 is 30.7. The Bertz CT molecular complexity index is 1240. The number of nitrogens with zero attached hydrogens (tertiary/aromatic N) is 1. The highest BCUT2D eigenvalue weighted by molar-refractivity contribution is 5.91. The lowest BCUT2D eigenvalue weighted by Crippen LogP contribution is -2.65. The summed E-state index contributed by atoms with van der Waals surface area (Å²) >= 11 is 0. The first-order valence-corrected chi connectivity index (χ1v) is 18.5. The molecule has 0 saturated carbocycles. The molecule has 3 aliphatic heterocycles. The lowest BCUT2D eigenvalue weighted by atomic mass is 9.79. The number of esters is 1. The fourth-order valence-electron chi connectivity index (χ4n) is 7.68. The highest BCUT2D eigenvalue weighted by Gasteiger charge is 2.51. The lowest BCUT2D eigenvalue weighted by Gasteiger charge is -2.50. The van der Waals surface area contributed by atoms with E-state index in [0.29, 0.717) is 12.0 Å². The molecular formula is C38H63NO13. The summed E-state index contributed by atoms with van der Waals surface area (Å²) in [6.45, 7) is 11.6. The van der Waals surface area contributed by atoms with Crippen LogP contribution in [0.25, 0.3) is 0 Å². The predicted molar refractivity (Wildman–Crippen MR) is 190 cm³/mol. The molecule has 3 rings (SSSR count). The van der Waals surface area contributed by atoms with Crippen LogP contribution in [0.2, 0.25) is 0 Å². The van der Waals surface area contributed by atoms with Gasteiger partial charge >= 0.3 is 5.97 Å². The van der Waals surface area contributed by atoms with Gasteiger partial charge in [0.25, 0.3) is 0 Å². The molecule has 0 spiro atoms. The maximum Gasteiger partial charge on any atom is 0.308 e. The van der Waals surface area contributed by atoms with Crippen LogP contribution >= 0.6 is 0 Å². The fraction of sp³-hybridized carbons (Fsp3) is 0.816. The molecule has 0 aromatic heterocycles. The molecule has 2 fully saturated rings. The molecule has 3 heterocycles. The first-order valence-electron chi connectivity index (χ1n) is 18.5. The standard InChI is InChI=1S/C38H63NO13/c1-10-29-26(19-41)15-20(2)11-12-27(42)21(3)16-25(13-14-40)34(22(4)28(43)17-30(44)50-29)52-37-33(45)32(39(8)9)35(23(5)49-37)51-31-18-38(7,47)36(46)24(6)48-31/h11-12,14-15,21-26,28-29,31-37,41,43,45-47H,10,13,16-19H2,1-9H3/b12-11+,20-15+/t21-,22+,23?,24?,25+,26-,28-,29-,31+,32?,33?,34-,35+,36?,37+,38?/m1/s1. The van der Waals surface area contributed by atoms with Crippen LogP contribution in [-0.2, 0) is 38.1 Å². The van der Waals surface area contributed by atoms with Gasteiger partial charge in [0, 0.05) is 30.6 Å². The Morgan fingerprint density at radius 2 is 1.69 bits per heavy atom. The minimum atomic E-state index is -1.47. The van der Waals surface area contributed by atoms with Crippen molar-refractivity contribution in [1.82, 2.24) is 4.90 Å². The molecule has 52 heavy (non-hydrogen) atoms. The van der Waals surface area contributed by atoms with Gasteiger partial charge in [-0.2, -0.15) is 0 Å². The van der Waals surface area contributed by atoms with E-state index in [1.165, 1.54) is 13.0 Å². The number of likely N-dealkylation sites (N-methyl/N-ethyl adjacent to an activating group) is 1. The van der Waals surface area contributed by atoms with E-state index >= 15 is 0 Å². The summed E-state index contributed by atoms with van der Waals surface area (Å²) in [6, 6.07) is -0.720. The Labute approximate surface area is 308 Å². The number of rotatable bonds is 9. The number of aliphatic hydroxyl groups excluding tert-OH is 4. The van der Waals surface area contributed by atoms with Crippen LogP contribution in [0.4, 0.5) is 0 Å². The number of ether oxygens (including phenoxy) is 5. The summed E-state index contributed by atoms with van der Waals surface area (Å²) in [5.74, 6) is -3.38. The topological polar surface area (TPSA) is 202 Å². The average Bonchev–Trinajstić information content (AvgIpc) is 3.07. The fourth-order valence-corrected chi connectivity index (χ4v) is 7.68. The van der Waals surface area contributed by atoms with E-state index in [0.717, 1.165) is 6.29 Å². The number of ketones is 1. The minimum absolute atomic E-state index is 0.0210. The van der Waals surface area contributed by atoms with Gasteiger partial charge in [0.05, 0.1) is 49.1 Å². The number of hydrogen-bond acceptors (Lipinski definition) is 14. The van der Waals surface area contributed by atoms with E-state index < -0.39 is 109 Å². The summed E-state index contributed by atoms with van der Waals surface area (Å²) in [7, 11) is 3.51. The molecule has 14 heteroatoms. The molecule has 5 N–H and O–H groups in total. The van der Waals surface area contributed by atoms with Crippen LogP contribution in [0.1, 0.15) is 80.6 Å². The average molecular weight is 742 g/mol. The van der Waals surface area contributed by atoms with Gasteiger partial charge in [-0.05, 0) is 66.6 Å². The van der Waals surface area contributed by atoms with Crippen LogP contribution in [0.3, 0.4) is 0 Å². The SMILES string of the molecule is CC[C@H]1OC(=O)C[C@@H](O)[C@H](C)[C@@H](O[C@@H]2OC(C)[C@H](O[C@H]3CC(C)(O)C(O)C(C)O3)C(N(C)C)C2O)[C@@H](CC=O)C[C@@H](C)C(=O)/C=C/C(C)=C/[C@@H]1CO. The maximum atomic E-state index is 13.3. The normalized spacial score (nSPS) is 44.8. The number of carbonyl (C=O) groups excluding carboxylic acids is 3. The van der Waals surface area contributed by atoms with E-state index in [-0.39, 0.29) is 31.7 Å². The van der Waals surface area contributed by atoms with E-state index in [2.05, 4.69) is 0 Å². The number of carbonyl (C=O) groups is 3. The summed E-state index contributed by atoms with van der Waals surface area (Å²) in [5.41, 5.74) is -0.773. The molecule has 2 saturated heterocycles. The second-order valence-corrected chi connectivity index (χ2v) is 15.5. The number of aliphatic hydroxyl groups is 5. The second kappa shape index (κ2) is 19.5. The zero-order valence-corrected chi connectivity index (χ0v) is 32.2. The third-order valence-corrected chi connectivity index (χ3v) is 10.9. The first kappa shape index (κ1) is 44.3. The largest absolute Gasteiger partial charge is 0.462 e. The third kappa shape index (κ3) is 11.2. The monoisotopic (exact) mass is 741 g/mol. The van der Waals surface area contributed by atoms with Crippen LogP contribution in [0.15, 0.2) is 23.8 Å². The van der Waals surface area contributed by atoms with Crippen LogP contribution in [0.5, 0.6) is 0 Å². The Balaban J connectivity index is 1.96. The van der Waals surface area contributed by atoms with Crippen molar-refractivity contribution in [1.29, 1.82) is 0 Å². The van der Waals surface area contributed by atoms with E-state index in [1.54, 1.807) is 65.8 Å². The van der Waals surface area contributed by atoms with Gasteiger partial charge < -0.3 is 58.9 Å². The van der Waals surface area contributed by atoms with Crippen molar-refractivity contribution in [2.75, 3.05) is 20.7 Å². The van der Waals surface area contributed by atoms with Gasteiger partial charge in [-0.15, -0.1) is 0 Å². The van der Waals surface area contributed by atoms with E-state index in [9.17, 15) is 39.9 Å². The van der Waals surface area contributed by atoms with Gasteiger partial charge in [-0.3, -0.25) is 9.59 Å². The molecule has 298 valence electrons. The van der Waals surface area contributed by atoms with E-state index in [4.69, 9.17) is 23.7 Å². The molecule has 0 aromatic carbocycles. The molecule has 0 amide bonds.